The predicted octanol–water partition coefficient (Wildman–Crippen LogP) is 5.26. The van der Waals surface area contributed by atoms with E-state index in [4.69, 9.17) is 21.0 Å². The van der Waals surface area contributed by atoms with Gasteiger partial charge in [-0.15, -0.1) is 0 Å². The van der Waals surface area contributed by atoms with Gasteiger partial charge >= 0.3 is 6.03 Å². The van der Waals surface area contributed by atoms with Crippen molar-refractivity contribution in [3.05, 3.63) is 60.1 Å². The standard InChI is InChI=1S/C25H29ClN6O4/c1-25(2,3)21-14-22(31-36-21)30-24(34)29-17-6-4-16(5-7-17)28-23(33)20-9-8-19(15-27-20)35-18-10-12-32(26)13-11-18/h4-9,14-15,18H,10-13H2,1-3H3,(H,28,33)(H2,29,30,31,34). The molecule has 0 radical (unpaired) electrons. The molecule has 0 bridgehead atoms. The SMILES string of the molecule is CC(C)(C)c1cc(NC(=O)Nc2ccc(NC(=O)c3ccc(OC4CCN(Cl)CC4)cn3)cc2)no1. The predicted molar refractivity (Wildman–Crippen MR) is 138 cm³/mol. The Hall–Kier alpha value is -3.63. The molecule has 2 aromatic heterocycles. The van der Waals surface area contributed by atoms with Crippen LogP contribution < -0.4 is 20.7 Å². The number of aromatic nitrogens is 2. The van der Waals surface area contributed by atoms with Crippen LogP contribution >= 0.6 is 11.8 Å². The van der Waals surface area contributed by atoms with Crippen LogP contribution in [-0.2, 0) is 5.41 Å². The molecule has 1 saturated heterocycles. The lowest BCUT2D eigenvalue weighted by atomic mass is 9.93. The van der Waals surface area contributed by atoms with E-state index in [0.717, 1.165) is 25.9 Å². The highest BCUT2D eigenvalue weighted by atomic mass is 35.5. The zero-order valence-corrected chi connectivity index (χ0v) is 21.1. The minimum absolute atomic E-state index is 0.0904. The highest BCUT2D eigenvalue weighted by molar-refractivity contribution is 6.13. The fraction of sp³-hybridized carbons (Fsp3) is 0.360. The number of urea groups is 1. The Morgan fingerprint density at radius 3 is 2.28 bits per heavy atom. The Morgan fingerprint density at radius 1 is 1.03 bits per heavy atom. The number of hydrogen-bond donors (Lipinski definition) is 3. The van der Waals surface area contributed by atoms with E-state index in [1.165, 1.54) is 0 Å². The van der Waals surface area contributed by atoms with Crippen LogP contribution in [0.25, 0.3) is 0 Å². The van der Waals surface area contributed by atoms with Gasteiger partial charge < -0.3 is 19.9 Å². The topological polar surface area (TPSA) is 122 Å². The monoisotopic (exact) mass is 512 g/mol. The normalized spacial score (nSPS) is 14.8. The molecule has 1 aliphatic rings. The molecule has 0 atom stereocenters. The van der Waals surface area contributed by atoms with Gasteiger partial charge in [-0.3, -0.25) is 10.1 Å². The lowest BCUT2D eigenvalue weighted by Gasteiger charge is -2.27. The summed E-state index contributed by atoms with van der Waals surface area (Å²) >= 11 is 5.98. The second-order valence-corrected chi connectivity index (χ2v) is 10.0. The fourth-order valence-electron chi connectivity index (χ4n) is 3.52. The van der Waals surface area contributed by atoms with Gasteiger partial charge in [-0.2, -0.15) is 0 Å². The van der Waals surface area contributed by atoms with E-state index in [1.807, 2.05) is 20.8 Å². The smallest absolute Gasteiger partial charge is 0.324 e. The van der Waals surface area contributed by atoms with Gasteiger partial charge in [0.15, 0.2) is 5.82 Å². The quantitative estimate of drug-likeness (QED) is 0.385. The maximum atomic E-state index is 12.6. The summed E-state index contributed by atoms with van der Waals surface area (Å²) in [4.78, 5) is 29.0. The van der Waals surface area contributed by atoms with Crippen molar-refractivity contribution in [1.82, 2.24) is 14.6 Å². The largest absolute Gasteiger partial charge is 0.489 e. The molecular weight excluding hydrogens is 484 g/mol. The van der Waals surface area contributed by atoms with Gasteiger partial charge in [-0.1, -0.05) is 25.9 Å². The van der Waals surface area contributed by atoms with E-state index in [0.29, 0.717) is 28.7 Å². The number of anilines is 3. The number of amides is 3. The number of halogens is 1. The minimum atomic E-state index is -0.458. The first-order chi connectivity index (χ1) is 17.2. The molecule has 1 aliphatic heterocycles. The van der Waals surface area contributed by atoms with E-state index in [-0.39, 0.29) is 23.1 Å². The van der Waals surface area contributed by atoms with Crippen molar-refractivity contribution >= 4 is 40.9 Å². The molecule has 3 N–H and O–H groups in total. The maximum absolute atomic E-state index is 12.6. The summed E-state index contributed by atoms with van der Waals surface area (Å²) < 4.78 is 12.9. The number of benzene rings is 1. The fourth-order valence-corrected chi connectivity index (χ4v) is 3.71. The van der Waals surface area contributed by atoms with Crippen LogP contribution in [0.3, 0.4) is 0 Å². The van der Waals surface area contributed by atoms with Crippen molar-refractivity contribution in [3.8, 4) is 5.75 Å². The molecular formula is C25H29ClN6O4. The van der Waals surface area contributed by atoms with E-state index < -0.39 is 6.03 Å². The van der Waals surface area contributed by atoms with Gasteiger partial charge in [-0.05, 0) is 61.0 Å². The van der Waals surface area contributed by atoms with Crippen molar-refractivity contribution in [2.75, 3.05) is 29.0 Å². The number of hydrogen-bond acceptors (Lipinski definition) is 7. The summed E-state index contributed by atoms with van der Waals surface area (Å²) in [5.41, 5.74) is 1.16. The lowest BCUT2D eigenvalue weighted by Crippen LogP contribution is -2.33. The first-order valence-electron chi connectivity index (χ1n) is 11.7. The molecule has 190 valence electrons. The van der Waals surface area contributed by atoms with Gasteiger partial charge in [0, 0.05) is 35.9 Å². The highest BCUT2D eigenvalue weighted by Crippen LogP contribution is 2.24. The third-order valence-corrected chi connectivity index (χ3v) is 5.89. The Morgan fingerprint density at radius 2 is 1.69 bits per heavy atom. The summed E-state index contributed by atoms with van der Waals surface area (Å²) in [5.74, 6) is 1.26. The molecule has 10 nitrogen and oxygen atoms in total. The molecule has 0 spiro atoms. The Labute approximate surface area is 214 Å². The van der Waals surface area contributed by atoms with Crippen molar-refractivity contribution in [2.24, 2.45) is 0 Å². The third kappa shape index (κ3) is 6.96. The van der Waals surface area contributed by atoms with Crippen molar-refractivity contribution in [3.63, 3.8) is 0 Å². The first kappa shape index (κ1) is 25.5. The van der Waals surface area contributed by atoms with Gasteiger partial charge in [0.1, 0.15) is 23.3 Å². The second kappa shape index (κ2) is 11.0. The summed E-state index contributed by atoms with van der Waals surface area (Å²) in [6, 6.07) is 11.3. The molecule has 1 fully saturated rings. The average molecular weight is 513 g/mol. The molecule has 0 unspecified atom stereocenters. The second-order valence-electron chi connectivity index (χ2n) is 9.54. The number of piperidine rings is 1. The molecule has 0 aliphatic carbocycles. The maximum Gasteiger partial charge on any atom is 0.324 e. The summed E-state index contributed by atoms with van der Waals surface area (Å²) in [5, 5.41) is 12.0. The number of ether oxygens (including phenoxy) is 1. The van der Waals surface area contributed by atoms with Crippen LogP contribution in [0.1, 0.15) is 49.9 Å². The number of carbonyl (C=O) groups is 2. The number of nitrogens with one attached hydrogen (secondary N) is 3. The van der Waals surface area contributed by atoms with Gasteiger partial charge in [0.2, 0.25) is 0 Å². The highest BCUT2D eigenvalue weighted by Gasteiger charge is 2.21. The number of carbonyl (C=O) groups excluding carboxylic acids is 2. The van der Waals surface area contributed by atoms with Crippen molar-refractivity contribution < 1.29 is 18.8 Å². The van der Waals surface area contributed by atoms with Crippen LogP contribution in [0.2, 0.25) is 0 Å². The molecule has 3 heterocycles. The molecule has 1 aromatic carbocycles. The molecule has 11 heteroatoms. The van der Waals surface area contributed by atoms with Gasteiger partial charge in [-0.25, -0.2) is 14.2 Å². The van der Waals surface area contributed by atoms with Gasteiger partial charge in [0.25, 0.3) is 5.91 Å². The Balaban J connectivity index is 1.26. The Kier molecular flexibility index (Phi) is 7.76. The molecule has 0 saturated carbocycles. The minimum Gasteiger partial charge on any atom is -0.489 e. The molecule has 4 rings (SSSR count). The summed E-state index contributed by atoms with van der Waals surface area (Å²) in [7, 11) is 0. The number of rotatable bonds is 6. The summed E-state index contributed by atoms with van der Waals surface area (Å²) in [6.07, 6.45) is 3.33. The van der Waals surface area contributed by atoms with Crippen LogP contribution in [0.4, 0.5) is 22.0 Å². The van der Waals surface area contributed by atoms with Crippen LogP contribution in [0.5, 0.6) is 5.75 Å². The third-order valence-electron chi connectivity index (χ3n) is 5.55. The zero-order chi connectivity index (χ0) is 25.7. The van der Waals surface area contributed by atoms with E-state index in [1.54, 1.807) is 53.1 Å². The number of pyridine rings is 1. The summed E-state index contributed by atoms with van der Waals surface area (Å²) in [6.45, 7) is 7.53. The van der Waals surface area contributed by atoms with Crippen molar-refractivity contribution in [1.29, 1.82) is 0 Å². The zero-order valence-electron chi connectivity index (χ0n) is 20.4. The van der Waals surface area contributed by atoms with Crippen molar-refractivity contribution in [2.45, 2.75) is 45.1 Å². The number of nitrogens with zero attached hydrogens (tertiary/aromatic N) is 3. The van der Waals surface area contributed by atoms with Gasteiger partial charge in [0.05, 0.1) is 6.20 Å². The molecule has 3 aromatic rings. The average Bonchev–Trinajstić information content (AvgIpc) is 3.31. The molecule has 3 amide bonds. The first-order valence-corrected chi connectivity index (χ1v) is 12.0. The van der Waals surface area contributed by atoms with Crippen LogP contribution in [-0.4, -0.2) is 45.7 Å². The van der Waals surface area contributed by atoms with E-state index >= 15 is 0 Å². The van der Waals surface area contributed by atoms with E-state index in [2.05, 4.69) is 26.1 Å². The Bertz CT molecular complexity index is 1180. The van der Waals surface area contributed by atoms with Crippen LogP contribution in [0, 0.1) is 0 Å². The lowest BCUT2D eigenvalue weighted by molar-refractivity contribution is 0.102. The van der Waals surface area contributed by atoms with E-state index in [9.17, 15) is 9.59 Å². The van der Waals surface area contributed by atoms with Crippen LogP contribution in [0.15, 0.2) is 53.2 Å². The molecule has 36 heavy (non-hydrogen) atoms.